The highest BCUT2D eigenvalue weighted by Gasteiger charge is 2.06. The van der Waals surface area contributed by atoms with E-state index in [2.05, 4.69) is 0 Å². The first-order valence-electron chi connectivity index (χ1n) is 5.98. The van der Waals surface area contributed by atoms with E-state index in [-0.39, 0.29) is 5.69 Å². The standard InChI is InChI=1S/C15H11NO5/c17-15(18)9-6-11-4-7-13(8-5-11)21-14-3-1-2-12(10-14)16(19)20/h1-10H,(H,17,18)/b9-6+. The fourth-order valence-corrected chi connectivity index (χ4v) is 1.61. The van der Waals surface area contributed by atoms with Crippen molar-refractivity contribution < 1.29 is 19.6 Å². The molecule has 6 heteroatoms. The van der Waals surface area contributed by atoms with Crippen LogP contribution in [0.25, 0.3) is 6.08 Å². The molecule has 106 valence electrons. The highest BCUT2D eigenvalue weighted by atomic mass is 16.6. The van der Waals surface area contributed by atoms with Crippen LogP contribution in [0.3, 0.4) is 0 Å². The topological polar surface area (TPSA) is 89.7 Å². The van der Waals surface area contributed by atoms with E-state index in [1.807, 2.05) is 0 Å². The number of rotatable bonds is 5. The fourth-order valence-electron chi connectivity index (χ4n) is 1.61. The predicted octanol–water partition coefficient (Wildman–Crippen LogP) is 3.48. The van der Waals surface area contributed by atoms with Crippen molar-refractivity contribution in [3.63, 3.8) is 0 Å². The van der Waals surface area contributed by atoms with Gasteiger partial charge in [-0.15, -0.1) is 0 Å². The first-order valence-corrected chi connectivity index (χ1v) is 5.98. The van der Waals surface area contributed by atoms with Crippen molar-refractivity contribution in [1.29, 1.82) is 0 Å². The van der Waals surface area contributed by atoms with E-state index in [1.54, 1.807) is 30.3 Å². The summed E-state index contributed by atoms with van der Waals surface area (Å²) in [4.78, 5) is 20.6. The quantitative estimate of drug-likeness (QED) is 0.516. The number of aliphatic carboxylic acids is 1. The van der Waals surface area contributed by atoms with Crippen LogP contribution in [-0.4, -0.2) is 16.0 Å². The lowest BCUT2D eigenvalue weighted by atomic mass is 10.2. The van der Waals surface area contributed by atoms with Crippen LogP contribution in [0.4, 0.5) is 5.69 Å². The molecule has 0 radical (unpaired) electrons. The zero-order chi connectivity index (χ0) is 15.2. The van der Waals surface area contributed by atoms with Crippen molar-refractivity contribution in [1.82, 2.24) is 0 Å². The number of nitro benzene ring substituents is 1. The fraction of sp³-hybridized carbons (Fsp3) is 0. The Morgan fingerprint density at radius 2 is 1.86 bits per heavy atom. The molecule has 0 aliphatic rings. The summed E-state index contributed by atoms with van der Waals surface area (Å²) in [6, 6.07) is 12.5. The molecule has 2 aromatic carbocycles. The average molecular weight is 285 g/mol. The summed E-state index contributed by atoms with van der Waals surface area (Å²) in [7, 11) is 0. The van der Waals surface area contributed by atoms with Crippen molar-refractivity contribution in [2.45, 2.75) is 0 Å². The monoisotopic (exact) mass is 285 g/mol. The van der Waals surface area contributed by atoms with Gasteiger partial charge in [-0.05, 0) is 29.8 Å². The van der Waals surface area contributed by atoms with Crippen molar-refractivity contribution >= 4 is 17.7 Å². The molecule has 0 unspecified atom stereocenters. The van der Waals surface area contributed by atoms with Crippen LogP contribution >= 0.6 is 0 Å². The minimum atomic E-state index is -1.02. The molecular formula is C15H11NO5. The van der Waals surface area contributed by atoms with E-state index >= 15 is 0 Å². The van der Waals surface area contributed by atoms with Gasteiger partial charge in [0.2, 0.25) is 0 Å². The molecule has 2 aromatic rings. The van der Waals surface area contributed by atoms with Crippen molar-refractivity contribution in [2.24, 2.45) is 0 Å². The lowest BCUT2D eigenvalue weighted by Gasteiger charge is -2.05. The predicted molar refractivity (Wildman–Crippen MR) is 76.3 cm³/mol. The Bertz CT molecular complexity index is 691. The normalized spacial score (nSPS) is 10.5. The number of nitrogens with zero attached hydrogens (tertiary/aromatic N) is 1. The molecule has 1 N–H and O–H groups in total. The Kier molecular flexibility index (Phi) is 4.30. The zero-order valence-corrected chi connectivity index (χ0v) is 10.8. The van der Waals surface area contributed by atoms with E-state index in [0.29, 0.717) is 17.1 Å². The van der Waals surface area contributed by atoms with Crippen LogP contribution in [0.2, 0.25) is 0 Å². The number of nitro groups is 1. The molecule has 21 heavy (non-hydrogen) atoms. The molecule has 0 amide bonds. The van der Waals surface area contributed by atoms with Gasteiger partial charge in [0.05, 0.1) is 11.0 Å². The van der Waals surface area contributed by atoms with Crippen LogP contribution in [-0.2, 0) is 4.79 Å². The smallest absolute Gasteiger partial charge is 0.328 e. The number of carboxylic acid groups (broad SMARTS) is 1. The first-order chi connectivity index (χ1) is 10.0. The van der Waals surface area contributed by atoms with Gasteiger partial charge in [-0.1, -0.05) is 18.2 Å². The maximum absolute atomic E-state index is 10.7. The van der Waals surface area contributed by atoms with E-state index in [4.69, 9.17) is 9.84 Å². The van der Waals surface area contributed by atoms with Gasteiger partial charge < -0.3 is 9.84 Å². The van der Waals surface area contributed by atoms with E-state index in [0.717, 1.165) is 6.08 Å². The number of carbonyl (C=O) groups is 1. The van der Waals surface area contributed by atoms with E-state index < -0.39 is 10.9 Å². The summed E-state index contributed by atoms with van der Waals surface area (Å²) in [5.41, 5.74) is 0.664. The molecular weight excluding hydrogens is 274 g/mol. The third kappa shape index (κ3) is 4.17. The molecule has 0 heterocycles. The van der Waals surface area contributed by atoms with Gasteiger partial charge >= 0.3 is 5.97 Å². The minimum Gasteiger partial charge on any atom is -0.478 e. The number of ether oxygens (including phenoxy) is 1. The second-order valence-electron chi connectivity index (χ2n) is 4.10. The Labute approximate surface area is 120 Å². The van der Waals surface area contributed by atoms with Crippen molar-refractivity contribution in [3.05, 3.63) is 70.3 Å². The van der Waals surface area contributed by atoms with E-state index in [9.17, 15) is 14.9 Å². The maximum Gasteiger partial charge on any atom is 0.328 e. The molecule has 0 fully saturated rings. The largest absolute Gasteiger partial charge is 0.478 e. The van der Waals surface area contributed by atoms with Gasteiger partial charge in [0.1, 0.15) is 11.5 Å². The van der Waals surface area contributed by atoms with Gasteiger partial charge in [-0.3, -0.25) is 10.1 Å². The van der Waals surface area contributed by atoms with Crippen molar-refractivity contribution in [3.8, 4) is 11.5 Å². The summed E-state index contributed by atoms with van der Waals surface area (Å²) in [5.74, 6) is -0.159. The van der Waals surface area contributed by atoms with Crippen LogP contribution in [0.1, 0.15) is 5.56 Å². The van der Waals surface area contributed by atoms with Crippen LogP contribution in [0.15, 0.2) is 54.6 Å². The summed E-state index contributed by atoms with van der Waals surface area (Å²) < 4.78 is 5.50. The van der Waals surface area contributed by atoms with Gasteiger partial charge in [-0.25, -0.2) is 4.79 Å². The Morgan fingerprint density at radius 1 is 1.14 bits per heavy atom. The third-order valence-corrected chi connectivity index (χ3v) is 2.56. The van der Waals surface area contributed by atoms with Crippen LogP contribution in [0.5, 0.6) is 11.5 Å². The second kappa shape index (κ2) is 6.33. The van der Waals surface area contributed by atoms with Gasteiger partial charge in [0, 0.05) is 12.1 Å². The molecule has 6 nitrogen and oxygen atoms in total. The number of hydrogen-bond donors (Lipinski definition) is 1. The molecule has 2 rings (SSSR count). The molecule has 0 aliphatic heterocycles. The second-order valence-corrected chi connectivity index (χ2v) is 4.10. The summed E-state index contributed by atoms with van der Waals surface area (Å²) in [6.45, 7) is 0. The summed E-state index contributed by atoms with van der Waals surface area (Å²) in [5, 5.41) is 19.2. The molecule has 0 aromatic heterocycles. The van der Waals surface area contributed by atoms with Crippen LogP contribution in [0, 0.1) is 10.1 Å². The number of non-ortho nitro benzene ring substituents is 1. The minimum absolute atomic E-state index is 0.0477. The first kappa shape index (κ1) is 14.3. The lowest BCUT2D eigenvalue weighted by molar-refractivity contribution is -0.384. The maximum atomic E-state index is 10.7. The van der Waals surface area contributed by atoms with E-state index in [1.165, 1.54) is 24.3 Å². The highest BCUT2D eigenvalue weighted by Crippen LogP contribution is 2.25. The van der Waals surface area contributed by atoms with Crippen LogP contribution < -0.4 is 4.74 Å². The Hall–Kier alpha value is -3.15. The number of hydrogen-bond acceptors (Lipinski definition) is 4. The summed E-state index contributed by atoms with van der Waals surface area (Å²) in [6.07, 6.45) is 2.50. The average Bonchev–Trinajstić information content (AvgIpc) is 2.47. The molecule has 0 bridgehead atoms. The number of carboxylic acids is 1. The third-order valence-electron chi connectivity index (χ3n) is 2.56. The SMILES string of the molecule is O=C(O)/C=C/c1ccc(Oc2cccc([N+](=O)[O-])c2)cc1. The molecule has 0 atom stereocenters. The molecule has 0 saturated carbocycles. The Morgan fingerprint density at radius 3 is 2.48 bits per heavy atom. The molecule has 0 aliphatic carbocycles. The summed E-state index contributed by atoms with van der Waals surface area (Å²) >= 11 is 0. The van der Waals surface area contributed by atoms with Gasteiger partial charge in [0.25, 0.3) is 5.69 Å². The zero-order valence-electron chi connectivity index (χ0n) is 10.8. The molecule has 0 saturated heterocycles. The lowest BCUT2D eigenvalue weighted by Crippen LogP contribution is -1.89. The van der Waals surface area contributed by atoms with Gasteiger partial charge in [-0.2, -0.15) is 0 Å². The van der Waals surface area contributed by atoms with Crippen molar-refractivity contribution in [2.75, 3.05) is 0 Å². The van der Waals surface area contributed by atoms with Gasteiger partial charge in [0.15, 0.2) is 0 Å². The molecule has 0 spiro atoms. The Balaban J connectivity index is 2.11. The highest BCUT2D eigenvalue weighted by molar-refractivity contribution is 5.85. The number of benzene rings is 2.